The third-order valence-corrected chi connectivity index (χ3v) is 10.3. The first-order chi connectivity index (χ1) is 17.5. The van der Waals surface area contributed by atoms with Crippen molar-refractivity contribution in [3.8, 4) is 5.75 Å². The van der Waals surface area contributed by atoms with Gasteiger partial charge >= 0.3 is 0 Å². The molecule has 2 aliphatic carbocycles. The molecule has 0 N–H and O–H groups in total. The zero-order chi connectivity index (χ0) is 25.8. The highest BCUT2D eigenvalue weighted by Gasteiger charge is 2.29. The van der Waals surface area contributed by atoms with Gasteiger partial charge in [-0.3, -0.25) is 0 Å². The molecule has 0 heterocycles. The van der Waals surface area contributed by atoms with Crippen LogP contribution in [0.15, 0.2) is 18.2 Å². The lowest BCUT2D eigenvalue weighted by atomic mass is 9.70. The molecule has 0 bridgehead atoms. The van der Waals surface area contributed by atoms with Crippen LogP contribution in [-0.4, -0.2) is 29.0 Å². The molecule has 2 atom stereocenters. The van der Waals surface area contributed by atoms with Crippen LogP contribution in [-0.2, 0) is 4.74 Å². The Kier molecular flexibility index (Phi) is 13.0. The lowest BCUT2D eigenvalue weighted by Crippen LogP contribution is -2.23. The smallest absolute Gasteiger partial charge is 0.201 e. The van der Waals surface area contributed by atoms with E-state index in [1.54, 1.807) is 12.1 Å². The summed E-state index contributed by atoms with van der Waals surface area (Å²) < 4.78 is 40.8. The molecule has 0 aliphatic heterocycles. The molecule has 1 aromatic carbocycles. The van der Waals surface area contributed by atoms with Gasteiger partial charge in [-0.05, 0) is 73.5 Å². The molecule has 0 aromatic heterocycles. The number of hydrogen-bond donors (Lipinski definition) is 0. The average Bonchev–Trinajstić information content (AvgIpc) is 2.90. The van der Waals surface area contributed by atoms with Crippen molar-refractivity contribution in [3.63, 3.8) is 0 Å². The molecular formula is C31H50F2O2Si. The van der Waals surface area contributed by atoms with Gasteiger partial charge in [-0.25, -0.2) is 4.39 Å². The normalized spacial score (nSPS) is 23.7. The van der Waals surface area contributed by atoms with Crippen molar-refractivity contribution >= 4 is 15.1 Å². The fraction of sp³-hybridized carbons (Fsp3) is 0.742. The zero-order valence-electron chi connectivity index (χ0n) is 23.1. The molecule has 0 radical (unpaired) electrons. The second-order valence-electron chi connectivity index (χ2n) is 11.4. The minimum absolute atomic E-state index is 0.0104. The van der Waals surface area contributed by atoms with E-state index in [1.165, 1.54) is 63.8 Å². The van der Waals surface area contributed by atoms with Crippen LogP contribution < -0.4 is 4.74 Å². The van der Waals surface area contributed by atoms with Gasteiger partial charge in [0.1, 0.15) is 6.61 Å². The summed E-state index contributed by atoms with van der Waals surface area (Å²) in [6.07, 6.45) is 17.9. The van der Waals surface area contributed by atoms with Gasteiger partial charge in [-0.1, -0.05) is 77.8 Å². The van der Waals surface area contributed by atoms with E-state index in [4.69, 9.17) is 9.47 Å². The number of ether oxygens (including phenoxy) is 2. The van der Waals surface area contributed by atoms with Crippen molar-refractivity contribution in [2.45, 2.75) is 104 Å². The number of benzene rings is 1. The Balaban J connectivity index is 1.39. The fourth-order valence-corrected chi connectivity index (χ4v) is 7.42. The Labute approximate surface area is 221 Å². The Morgan fingerprint density at radius 1 is 1.00 bits per heavy atom. The number of hydrogen-bond acceptors (Lipinski definition) is 2. The van der Waals surface area contributed by atoms with Gasteiger partial charge in [0, 0.05) is 11.8 Å². The van der Waals surface area contributed by atoms with Crippen molar-refractivity contribution in [3.05, 3.63) is 35.4 Å². The molecule has 1 saturated carbocycles. The van der Waals surface area contributed by atoms with E-state index in [2.05, 4.69) is 26.8 Å². The van der Waals surface area contributed by atoms with Crippen LogP contribution in [0.1, 0.15) is 103 Å². The minimum atomic E-state index is -0.871. The molecule has 0 spiro atoms. The zero-order valence-corrected chi connectivity index (χ0v) is 24.5. The standard InChI is InChI=1S/C31H50F2O2Si/c1-4-7-24-9-11-25(12-10-24)26-13-15-27(16-14-26)28-17-18-29(31(33)30(28)32)35-20-19-34-22-36-21-6-8-23(3)5-2/h15,17-18,23-26H,4-14,16,19-22,36H2,1-3H3. The van der Waals surface area contributed by atoms with Gasteiger partial charge in [0.05, 0.1) is 16.1 Å². The molecule has 2 aliphatic rings. The molecule has 0 saturated heterocycles. The van der Waals surface area contributed by atoms with E-state index in [0.717, 1.165) is 48.8 Å². The topological polar surface area (TPSA) is 18.5 Å². The Bertz CT molecular complexity index is 804. The van der Waals surface area contributed by atoms with E-state index in [-0.39, 0.29) is 21.9 Å². The molecule has 0 amide bonds. The maximum absolute atomic E-state index is 14.9. The summed E-state index contributed by atoms with van der Waals surface area (Å²) in [7, 11) is -0.195. The van der Waals surface area contributed by atoms with Gasteiger partial charge in [-0.2, -0.15) is 4.39 Å². The van der Waals surface area contributed by atoms with E-state index in [1.807, 2.05) is 0 Å². The highest BCUT2D eigenvalue weighted by molar-refractivity contribution is 6.35. The quantitative estimate of drug-likeness (QED) is 0.170. The molecule has 36 heavy (non-hydrogen) atoms. The monoisotopic (exact) mass is 520 g/mol. The van der Waals surface area contributed by atoms with Crippen molar-refractivity contribution in [1.82, 2.24) is 0 Å². The van der Waals surface area contributed by atoms with Gasteiger partial charge in [-0.15, -0.1) is 0 Å². The highest BCUT2D eigenvalue weighted by atomic mass is 28.2. The predicted octanol–water partition coefficient (Wildman–Crippen LogP) is 8.52. The summed E-state index contributed by atoms with van der Waals surface area (Å²) in [5.74, 6) is 1.61. The molecular weight excluding hydrogens is 470 g/mol. The van der Waals surface area contributed by atoms with Gasteiger partial charge in [0.2, 0.25) is 5.82 Å². The van der Waals surface area contributed by atoms with Crippen molar-refractivity contribution < 1.29 is 18.3 Å². The maximum Gasteiger partial charge on any atom is 0.201 e. The molecule has 204 valence electrons. The number of rotatable bonds is 15. The summed E-state index contributed by atoms with van der Waals surface area (Å²) in [5, 5.41) is 0. The molecule has 3 rings (SSSR count). The van der Waals surface area contributed by atoms with E-state index >= 15 is 0 Å². The third kappa shape index (κ3) is 8.97. The maximum atomic E-state index is 14.9. The van der Waals surface area contributed by atoms with Crippen LogP contribution in [0, 0.1) is 35.3 Å². The predicted molar refractivity (Wildman–Crippen MR) is 150 cm³/mol. The second kappa shape index (κ2) is 15.9. The highest BCUT2D eigenvalue weighted by Crippen LogP contribution is 2.42. The summed E-state index contributed by atoms with van der Waals surface area (Å²) in [6.45, 7) is 7.52. The lowest BCUT2D eigenvalue weighted by molar-refractivity contribution is 0.128. The Hall–Kier alpha value is -1.20. The van der Waals surface area contributed by atoms with Crippen LogP contribution in [0.5, 0.6) is 5.75 Å². The first-order valence-electron chi connectivity index (χ1n) is 14.9. The van der Waals surface area contributed by atoms with Crippen molar-refractivity contribution in [2.75, 3.05) is 19.4 Å². The summed E-state index contributed by atoms with van der Waals surface area (Å²) in [5.41, 5.74) is 1.36. The van der Waals surface area contributed by atoms with Crippen molar-refractivity contribution in [2.24, 2.45) is 23.7 Å². The van der Waals surface area contributed by atoms with Crippen LogP contribution in [0.25, 0.3) is 5.57 Å². The van der Waals surface area contributed by atoms with Crippen LogP contribution >= 0.6 is 0 Å². The molecule has 1 fully saturated rings. The first kappa shape index (κ1) is 29.4. The average molecular weight is 521 g/mol. The van der Waals surface area contributed by atoms with E-state index in [9.17, 15) is 8.78 Å². The summed E-state index contributed by atoms with van der Waals surface area (Å²) in [6, 6.07) is 4.59. The summed E-state index contributed by atoms with van der Waals surface area (Å²) in [4.78, 5) is 0. The van der Waals surface area contributed by atoms with E-state index < -0.39 is 11.6 Å². The van der Waals surface area contributed by atoms with Crippen LogP contribution in [0.3, 0.4) is 0 Å². The minimum Gasteiger partial charge on any atom is -0.488 e. The van der Waals surface area contributed by atoms with Crippen molar-refractivity contribution in [1.29, 1.82) is 0 Å². The van der Waals surface area contributed by atoms with E-state index in [0.29, 0.717) is 18.1 Å². The Morgan fingerprint density at radius 2 is 1.81 bits per heavy atom. The lowest BCUT2D eigenvalue weighted by Gasteiger charge is -2.35. The van der Waals surface area contributed by atoms with Crippen LogP contribution in [0.4, 0.5) is 8.78 Å². The molecule has 1 aromatic rings. The number of halogens is 2. The summed E-state index contributed by atoms with van der Waals surface area (Å²) >= 11 is 0. The first-order valence-corrected chi connectivity index (χ1v) is 16.9. The van der Waals surface area contributed by atoms with Gasteiger partial charge < -0.3 is 9.47 Å². The third-order valence-electron chi connectivity index (χ3n) is 8.77. The SMILES string of the molecule is CCCC1CCC(C2CC=C(c3ccc(OCCOC[SiH2]CCCC(C)CC)c(F)c3F)CC2)CC1. The Morgan fingerprint density at radius 3 is 2.50 bits per heavy atom. The van der Waals surface area contributed by atoms with Gasteiger partial charge in [0.15, 0.2) is 11.6 Å². The fourth-order valence-electron chi connectivity index (χ4n) is 6.17. The molecule has 2 unspecified atom stereocenters. The van der Waals surface area contributed by atoms with Crippen LogP contribution in [0.2, 0.25) is 6.04 Å². The van der Waals surface area contributed by atoms with Gasteiger partial charge in [0.25, 0.3) is 0 Å². The molecule has 2 nitrogen and oxygen atoms in total. The number of allylic oxidation sites excluding steroid dienone is 2. The largest absolute Gasteiger partial charge is 0.488 e. The molecule has 5 heteroatoms. The second-order valence-corrected chi connectivity index (χ2v) is 13.2.